The molecule has 3 rings (SSSR count). The van der Waals surface area contributed by atoms with Gasteiger partial charge in [0.25, 0.3) is 5.91 Å². The first-order chi connectivity index (χ1) is 7.58. The van der Waals surface area contributed by atoms with Gasteiger partial charge in [0.2, 0.25) is 0 Å². The van der Waals surface area contributed by atoms with Gasteiger partial charge in [-0.15, -0.1) is 0 Å². The summed E-state index contributed by atoms with van der Waals surface area (Å²) in [5.74, 6) is 0.641. The van der Waals surface area contributed by atoms with Crippen molar-refractivity contribution in [1.82, 2.24) is 14.7 Å². The van der Waals surface area contributed by atoms with Crippen LogP contribution in [0.15, 0.2) is 12.3 Å². The van der Waals surface area contributed by atoms with Gasteiger partial charge < -0.3 is 10.6 Å². The van der Waals surface area contributed by atoms with Crippen LogP contribution in [0.3, 0.4) is 0 Å². The van der Waals surface area contributed by atoms with Crippen LogP contribution in [0, 0.1) is 5.92 Å². The molecule has 0 unspecified atom stereocenters. The van der Waals surface area contributed by atoms with E-state index in [1.54, 1.807) is 21.8 Å². The summed E-state index contributed by atoms with van der Waals surface area (Å²) in [6.07, 6.45) is 4.23. The van der Waals surface area contributed by atoms with Crippen LogP contribution in [0.1, 0.15) is 23.3 Å². The third-order valence-electron chi connectivity index (χ3n) is 3.58. The maximum atomic E-state index is 12.0. The summed E-state index contributed by atoms with van der Waals surface area (Å²) in [7, 11) is 1.81. The van der Waals surface area contributed by atoms with E-state index in [0.717, 1.165) is 0 Å². The summed E-state index contributed by atoms with van der Waals surface area (Å²) in [4.78, 5) is 13.8. The van der Waals surface area contributed by atoms with E-state index >= 15 is 0 Å². The summed E-state index contributed by atoms with van der Waals surface area (Å²) in [5, 5.41) is 4.11. The minimum absolute atomic E-state index is 0.00215. The van der Waals surface area contributed by atoms with Crippen molar-refractivity contribution in [2.75, 3.05) is 13.1 Å². The molecule has 0 radical (unpaired) electrons. The van der Waals surface area contributed by atoms with Crippen LogP contribution in [0.25, 0.3) is 0 Å². The number of aryl methyl sites for hydroxylation is 1. The highest BCUT2D eigenvalue weighted by atomic mass is 16.2. The molecule has 5 nitrogen and oxygen atoms in total. The van der Waals surface area contributed by atoms with Crippen molar-refractivity contribution in [3.63, 3.8) is 0 Å². The maximum Gasteiger partial charge on any atom is 0.274 e. The van der Waals surface area contributed by atoms with Gasteiger partial charge in [0.05, 0.1) is 5.54 Å². The highest BCUT2D eigenvalue weighted by Gasteiger charge is 2.51. The normalized spacial score (nSPS) is 23.0. The van der Waals surface area contributed by atoms with Crippen molar-refractivity contribution in [3.8, 4) is 0 Å². The Balaban J connectivity index is 1.66. The summed E-state index contributed by atoms with van der Waals surface area (Å²) >= 11 is 0. The smallest absolute Gasteiger partial charge is 0.274 e. The molecule has 1 saturated heterocycles. The highest BCUT2D eigenvalue weighted by molar-refractivity contribution is 5.93. The van der Waals surface area contributed by atoms with E-state index < -0.39 is 0 Å². The molecule has 0 bridgehead atoms. The van der Waals surface area contributed by atoms with Crippen LogP contribution in [-0.2, 0) is 7.05 Å². The van der Waals surface area contributed by atoms with E-state index in [1.807, 2.05) is 7.05 Å². The third kappa shape index (κ3) is 1.43. The van der Waals surface area contributed by atoms with Crippen LogP contribution >= 0.6 is 0 Å². The Bertz CT molecular complexity index is 429. The van der Waals surface area contributed by atoms with E-state index in [4.69, 9.17) is 5.73 Å². The molecule has 2 fully saturated rings. The lowest BCUT2D eigenvalue weighted by molar-refractivity contribution is 0.0344. The Kier molecular flexibility index (Phi) is 1.89. The number of hydrogen-bond donors (Lipinski definition) is 1. The van der Waals surface area contributed by atoms with E-state index in [0.29, 0.717) is 24.7 Å². The number of carbonyl (C=O) groups excluding carboxylic acids is 1. The van der Waals surface area contributed by atoms with Gasteiger partial charge in [0.1, 0.15) is 5.69 Å². The van der Waals surface area contributed by atoms with Crippen LogP contribution in [0.5, 0.6) is 0 Å². The van der Waals surface area contributed by atoms with Gasteiger partial charge in [0.15, 0.2) is 0 Å². The Morgan fingerprint density at radius 2 is 2.25 bits per heavy atom. The second-order valence-electron chi connectivity index (χ2n) is 5.04. The largest absolute Gasteiger partial charge is 0.333 e. The Labute approximate surface area is 94.2 Å². The summed E-state index contributed by atoms with van der Waals surface area (Å²) in [5.41, 5.74) is 6.61. The molecular formula is C11H16N4O. The molecule has 1 aliphatic heterocycles. The first-order valence-corrected chi connectivity index (χ1v) is 5.66. The molecule has 0 aromatic carbocycles. The minimum atomic E-state index is -0.107. The van der Waals surface area contributed by atoms with Crippen molar-refractivity contribution in [2.24, 2.45) is 18.7 Å². The fraction of sp³-hybridized carbons (Fsp3) is 0.636. The molecule has 0 spiro atoms. The average Bonchev–Trinajstić information content (AvgIpc) is 2.96. The van der Waals surface area contributed by atoms with Gasteiger partial charge in [-0.05, 0) is 24.8 Å². The number of aromatic nitrogens is 2. The van der Waals surface area contributed by atoms with Crippen LogP contribution < -0.4 is 5.73 Å². The fourth-order valence-corrected chi connectivity index (χ4v) is 2.42. The SMILES string of the molecule is Cn1ccc(C(=O)N2CC(N)(C3CC3)C2)n1. The van der Waals surface area contributed by atoms with E-state index in [9.17, 15) is 4.79 Å². The molecule has 5 heteroatoms. The molecule has 16 heavy (non-hydrogen) atoms. The molecule has 1 saturated carbocycles. The number of nitrogens with zero attached hydrogens (tertiary/aromatic N) is 3. The zero-order valence-electron chi connectivity index (χ0n) is 9.39. The summed E-state index contributed by atoms with van der Waals surface area (Å²) < 4.78 is 1.64. The summed E-state index contributed by atoms with van der Waals surface area (Å²) in [6.45, 7) is 1.38. The number of amides is 1. The zero-order chi connectivity index (χ0) is 11.3. The lowest BCUT2D eigenvalue weighted by atomic mass is 9.85. The Morgan fingerprint density at radius 1 is 1.56 bits per heavy atom. The number of carbonyl (C=O) groups is 1. The molecule has 2 heterocycles. The van der Waals surface area contributed by atoms with Gasteiger partial charge in [-0.25, -0.2) is 0 Å². The topological polar surface area (TPSA) is 64.2 Å². The lowest BCUT2D eigenvalue weighted by Gasteiger charge is -2.48. The van der Waals surface area contributed by atoms with Gasteiger partial charge >= 0.3 is 0 Å². The van der Waals surface area contributed by atoms with Crippen molar-refractivity contribution < 1.29 is 4.79 Å². The molecule has 2 N–H and O–H groups in total. The standard InChI is InChI=1S/C11H16N4O/c1-14-5-4-9(13-14)10(16)15-6-11(12,7-15)8-2-3-8/h4-5,8H,2-3,6-7,12H2,1H3. The van der Waals surface area contributed by atoms with Crippen LogP contribution in [0.2, 0.25) is 0 Å². The quantitative estimate of drug-likeness (QED) is 0.762. The van der Waals surface area contributed by atoms with Gasteiger partial charge in [-0.2, -0.15) is 5.10 Å². The highest BCUT2D eigenvalue weighted by Crippen LogP contribution is 2.43. The number of hydrogen-bond acceptors (Lipinski definition) is 3. The second-order valence-corrected chi connectivity index (χ2v) is 5.04. The molecule has 1 aliphatic carbocycles. The zero-order valence-corrected chi connectivity index (χ0v) is 9.39. The number of nitrogens with two attached hydrogens (primary N) is 1. The second kappa shape index (κ2) is 3.07. The van der Waals surface area contributed by atoms with Gasteiger partial charge in [-0.1, -0.05) is 0 Å². The Hall–Kier alpha value is -1.36. The summed E-state index contributed by atoms with van der Waals surface area (Å²) in [6, 6.07) is 1.75. The minimum Gasteiger partial charge on any atom is -0.333 e. The maximum absolute atomic E-state index is 12.0. The molecule has 0 atom stereocenters. The van der Waals surface area contributed by atoms with Crippen LogP contribution in [-0.4, -0.2) is 39.2 Å². The molecular weight excluding hydrogens is 204 g/mol. The first-order valence-electron chi connectivity index (χ1n) is 5.66. The lowest BCUT2D eigenvalue weighted by Crippen LogP contribution is -2.69. The molecule has 1 aromatic rings. The average molecular weight is 220 g/mol. The number of rotatable bonds is 2. The predicted octanol–water partition coefficient (Wildman–Crippen LogP) is -0.0166. The molecule has 1 amide bonds. The molecule has 86 valence electrons. The van der Waals surface area contributed by atoms with Crippen LogP contribution in [0.4, 0.5) is 0 Å². The van der Waals surface area contributed by atoms with E-state index in [1.165, 1.54) is 12.8 Å². The van der Waals surface area contributed by atoms with Gasteiger partial charge in [-0.3, -0.25) is 9.48 Å². The Morgan fingerprint density at radius 3 is 2.75 bits per heavy atom. The molecule has 1 aromatic heterocycles. The van der Waals surface area contributed by atoms with Crippen molar-refractivity contribution in [1.29, 1.82) is 0 Å². The first kappa shape index (κ1) is 9.84. The van der Waals surface area contributed by atoms with E-state index in [-0.39, 0.29) is 11.4 Å². The monoisotopic (exact) mass is 220 g/mol. The van der Waals surface area contributed by atoms with E-state index in [2.05, 4.69) is 5.10 Å². The predicted molar refractivity (Wildman–Crippen MR) is 58.8 cm³/mol. The van der Waals surface area contributed by atoms with Gasteiger partial charge in [0, 0.05) is 26.3 Å². The van der Waals surface area contributed by atoms with Crippen molar-refractivity contribution >= 4 is 5.91 Å². The van der Waals surface area contributed by atoms with Crippen molar-refractivity contribution in [3.05, 3.63) is 18.0 Å². The number of likely N-dealkylation sites (tertiary alicyclic amines) is 1. The third-order valence-corrected chi connectivity index (χ3v) is 3.58. The molecule has 2 aliphatic rings. The fourth-order valence-electron chi connectivity index (χ4n) is 2.42. The van der Waals surface area contributed by atoms with Crippen molar-refractivity contribution in [2.45, 2.75) is 18.4 Å².